The van der Waals surface area contributed by atoms with E-state index in [0.717, 1.165) is 4.31 Å². The Bertz CT molecular complexity index is 169. The fraction of sp³-hybridized carbons (Fsp3) is 0.750. The molecular formula is C4H7NO3S. The molecule has 1 heterocycles. The van der Waals surface area contributed by atoms with Crippen LogP contribution in [0.2, 0.25) is 0 Å². The molecule has 0 aromatic heterocycles. The van der Waals surface area contributed by atoms with Gasteiger partial charge in [-0.05, 0) is 6.92 Å². The van der Waals surface area contributed by atoms with Gasteiger partial charge in [-0.15, -0.1) is 0 Å². The van der Waals surface area contributed by atoms with Crippen LogP contribution >= 0.6 is 0 Å². The van der Waals surface area contributed by atoms with Crippen molar-refractivity contribution in [2.24, 2.45) is 0 Å². The van der Waals surface area contributed by atoms with Crippen LogP contribution in [0.4, 0.5) is 0 Å². The van der Waals surface area contributed by atoms with Crippen molar-refractivity contribution in [2.45, 2.75) is 13.0 Å². The van der Waals surface area contributed by atoms with Gasteiger partial charge in [0.2, 0.25) is 0 Å². The minimum atomic E-state index is -1.54. The van der Waals surface area contributed by atoms with E-state index in [9.17, 15) is 9.00 Å². The molecule has 0 aliphatic carbocycles. The number of amides is 1. The van der Waals surface area contributed by atoms with Crippen molar-refractivity contribution in [3.63, 3.8) is 0 Å². The zero-order chi connectivity index (χ0) is 7.02. The molecule has 0 spiro atoms. The Labute approximate surface area is 55.6 Å². The summed E-state index contributed by atoms with van der Waals surface area (Å²) in [5.74, 6) is -0.228. The van der Waals surface area contributed by atoms with E-state index >= 15 is 0 Å². The lowest BCUT2D eigenvalue weighted by atomic mass is 10.4. The van der Waals surface area contributed by atoms with Crippen LogP contribution < -0.4 is 0 Å². The van der Waals surface area contributed by atoms with Gasteiger partial charge in [0.15, 0.2) is 6.10 Å². The van der Waals surface area contributed by atoms with Crippen LogP contribution in [-0.4, -0.2) is 27.6 Å². The Morgan fingerprint density at radius 3 is 2.44 bits per heavy atom. The number of nitrogens with zero attached hydrogens (tertiary/aromatic N) is 1. The lowest BCUT2D eigenvalue weighted by Crippen LogP contribution is -2.23. The van der Waals surface area contributed by atoms with E-state index in [0.29, 0.717) is 0 Å². The number of hydrogen-bond acceptors (Lipinski definition) is 3. The summed E-state index contributed by atoms with van der Waals surface area (Å²) in [4.78, 5) is 10.7. The zero-order valence-electron chi connectivity index (χ0n) is 5.16. The van der Waals surface area contributed by atoms with Crippen molar-refractivity contribution in [3.05, 3.63) is 0 Å². The SMILES string of the molecule is CC1OS(=O)N(C)C1=O. The van der Waals surface area contributed by atoms with E-state index in [1.165, 1.54) is 7.05 Å². The highest BCUT2D eigenvalue weighted by Gasteiger charge is 2.32. The number of carbonyl (C=O) groups excluding carboxylic acids is 1. The van der Waals surface area contributed by atoms with Gasteiger partial charge in [-0.25, -0.2) is 8.51 Å². The van der Waals surface area contributed by atoms with E-state index < -0.39 is 17.4 Å². The van der Waals surface area contributed by atoms with Crippen LogP contribution in [0, 0.1) is 0 Å². The second-order valence-corrected chi connectivity index (χ2v) is 2.97. The fourth-order valence-corrected chi connectivity index (χ4v) is 1.31. The summed E-state index contributed by atoms with van der Waals surface area (Å²) >= 11 is -1.54. The number of carbonyl (C=O) groups is 1. The molecule has 1 saturated heterocycles. The van der Waals surface area contributed by atoms with Crippen LogP contribution in [-0.2, 0) is 20.2 Å². The van der Waals surface area contributed by atoms with Crippen molar-refractivity contribution < 1.29 is 13.2 Å². The lowest BCUT2D eigenvalue weighted by Gasteiger charge is -1.99. The predicted molar refractivity (Wildman–Crippen MR) is 31.5 cm³/mol. The maximum absolute atomic E-state index is 10.7. The molecule has 1 aliphatic rings. The quantitative estimate of drug-likeness (QED) is 0.464. The standard InChI is InChI=1S/C4H7NO3S/c1-3-4(6)5(2)9(7)8-3/h3H,1-2H3. The van der Waals surface area contributed by atoms with E-state index in [4.69, 9.17) is 0 Å². The largest absolute Gasteiger partial charge is 0.271 e. The molecule has 0 bridgehead atoms. The summed E-state index contributed by atoms with van der Waals surface area (Å²) in [5.41, 5.74) is 0. The minimum Gasteiger partial charge on any atom is -0.271 e. The van der Waals surface area contributed by atoms with Crippen molar-refractivity contribution in [1.29, 1.82) is 0 Å². The third-order valence-electron chi connectivity index (χ3n) is 1.11. The summed E-state index contributed by atoms with van der Waals surface area (Å²) in [6.07, 6.45) is -0.546. The maximum atomic E-state index is 10.7. The van der Waals surface area contributed by atoms with Gasteiger partial charge in [0, 0.05) is 7.05 Å². The van der Waals surface area contributed by atoms with Crippen molar-refractivity contribution in [3.8, 4) is 0 Å². The Morgan fingerprint density at radius 1 is 1.78 bits per heavy atom. The van der Waals surface area contributed by atoms with Crippen LogP contribution in [0.1, 0.15) is 6.92 Å². The molecule has 1 amide bonds. The fourth-order valence-electron chi connectivity index (χ4n) is 0.559. The molecule has 1 rings (SSSR count). The second kappa shape index (κ2) is 2.07. The highest BCUT2D eigenvalue weighted by molar-refractivity contribution is 7.78. The molecule has 1 aliphatic heterocycles. The van der Waals surface area contributed by atoms with Gasteiger partial charge < -0.3 is 0 Å². The van der Waals surface area contributed by atoms with Gasteiger partial charge in [0.05, 0.1) is 0 Å². The lowest BCUT2D eigenvalue weighted by molar-refractivity contribution is -0.128. The van der Waals surface area contributed by atoms with Crippen molar-refractivity contribution in [1.82, 2.24) is 4.31 Å². The molecule has 0 radical (unpaired) electrons. The van der Waals surface area contributed by atoms with Gasteiger partial charge in [0.25, 0.3) is 17.2 Å². The first-order chi connectivity index (χ1) is 4.13. The van der Waals surface area contributed by atoms with Gasteiger partial charge in [-0.3, -0.25) is 8.98 Å². The first-order valence-electron chi connectivity index (χ1n) is 2.49. The monoisotopic (exact) mass is 149 g/mol. The molecule has 52 valence electrons. The number of rotatable bonds is 0. The van der Waals surface area contributed by atoms with Crippen molar-refractivity contribution >= 4 is 17.2 Å². The van der Waals surface area contributed by atoms with E-state index in [2.05, 4.69) is 4.18 Å². The first kappa shape index (κ1) is 6.70. The van der Waals surface area contributed by atoms with E-state index in [1.54, 1.807) is 6.92 Å². The number of hydrogen-bond donors (Lipinski definition) is 0. The van der Waals surface area contributed by atoms with Crippen LogP contribution in [0.5, 0.6) is 0 Å². The Hall–Kier alpha value is -0.420. The molecule has 0 saturated carbocycles. The average molecular weight is 149 g/mol. The molecule has 4 nitrogen and oxygen atoms in total. The van der Waals surface area contributed by atoms with E-state index in [-0.39, 0.29) is 5.91 Å². The number of likely N-dealkylation sites (N-methyl/N-ethyl adjacent to an activating group) is 1. The van der Waals surface area contributed by atoms with E-state index in [1.807, 2.05) is 0 Å². The summed E-state index contributed by atoms with van der Waals surface area (Å²) in [5, 5.41) is 0. The molecule has 5 heteroatoms. The molecule has 0 N–H and O–H groups in total. The molecule has 2 unspecified atom stereocenters. The van der Waals surface area contributed by atoms with Crippen molar-refractivity contribution in [2.75, 3.05) is 7.05 Å². The highest BCUT2D eigenvalue weighted by Crippen LogP contribution is 2.11. The Morgan fingerprint density at radius 2 is 2.33 bits per heavy atom. The summed E-state index contributed by atoms with van der Waals surface area (Å²) in [6.45, 7) is 1.57. The third-order valence-corrected chi connectivity index (χ3v) is 2.19. The van der Waals surface area contributed by atoms with Gasteiger partial charge in [-0.2, -0.15) is 0 Å². The molecule has 9 heavy (non-hydrogen) atoms. The predicted octanol–water partition coefficient (Wildman–Crippen LogP) is -0.558. The highest BCUT2D eigenvalue weighted by atomic mass is 32.2. The topological polar surface area (TPSA) is 46.6 Å². The summed E-state index contributed by atoms with van der Waals surface area (Å²) < 4.78 is 16.3. The Balaban J connectivity index is 2.77. The average Bonchev–Trinajstić information content (AvgIpc) is 1.98. The maximum Gasteiger partial charge on any atom is 0.267 e. The first-order valence-corrected chi connectivity index (χ1v) is 3.52. The second-order valence-electron chi connectivity index (χ2n) is 1.79. The van der Waals surface area contributed by atoms with Crippen LogP contribution in [0.25, 0.3) is 0 Å². The smallest absolute Gasteiger partial charge is 0.267 e. The normalized spacial score (nSPS) is 35.8. The molecule has 0 aromatic rings. The molecule has 2 atom stereocenters. The van der Waals surface area contributed by atoms with Gasteiger partial charge in [0.1, 0.15) is 0 Å². The molecule has 0 aromatic carbocycles. The zero-order valence-corrected chi connectivity index (χ0v) is 5.97. The summed E-state index contributed by atoms with van der Waals surface area (Å²) in [6, 6.07) is 0. The van der Waals surface area contributed by atoms with Crippen LogP contribution in [0.3, 0.4) is 0 Å². The Kier molecular flexibility index (Phi) is 1.54. The van der Waals surface area contributed by atoms with Gasteiger partial charge in [-0.1, -0.05) is 0 Å². The molecule has 1 fully saturated rings. The van der Waals surface area contributed by atoms with Gasteiger partial charge >= 0.3 is 0 Å². The third kappa shape index (κ3) is 0.972. The molecular weight excluding hydrogens is 142 g/mol. The summed E-state index contributed by atoms with van der Waals surface area (Å²) in [7, 11) is 1.45. The minimum absolute atomic E-state index is 0.228. The van der Waals surface area contributed by atoms with Crippen LogP contribution in [0.15, 0.2) is 0 Å².